The lowest BCUT2D eigenvalue weighted by Gasteiger charge is -2.14. The molecule has 0 bridgehead atoms. The van der Waals surface area contributed by atoms with Crippen LogP contribution in [-0.2, 0) is 0 Å². The SMILES string of the molecule is CC.Cc1ccn2c(NC(C)C)c(-c3ccc(N(C)C)cc3)nc2c1. The van der Waals surface area contributed by atoms with Gasteiger partial charge in [0, 0.05) is 37.6 Å². The lowest BCUT2D eigenvalue weighted by Crippen LogP contribution is -2.12. The lowest BCUT2D eigenvalue weighted by molar-refractivity contribution is 0.885. The van der Waals surface area contributed by atoms with E-state index in [0.29, 0.717) is 6.04 Å². The molecule has 0 amide bonds. The predicted octanol–water partition coefficient (Wildman–Crippen LogP) is 5.22. The first-order valence-electron chi connectivity index (χ1n) is 8.98. The van der Waals surface area contributed by atoms with Crippen LogP contribution in [0.1, 0.15) is 33.3 Å². The molecule has 0 fully saturated rings. The fraction of sp³-hybridized carbons (Fsp3) is 0.381. The number of rotatable bonds is 4. The van der Waals surface area contributed by atoms with Crippen molar-refractivity contribution in [2.24, 2.45) is 0 Å². The zero-order valence-electron chi connectivity index (χ0n) is 16.5. The third-order valence-corrected chi connectivity index (χ3v) is 3.86. The molecular formula is C21H30N4. The zero-order valence-corrected chi connectivity index (χ0v) is 16.5. The van der Waals surface area contributed by atoms with Gasteiger partial charge in [0.25, 0.3) is 0 Å². The van der Waals surface area contributed by atoms with Gasteiger partial charge in [0.2, 0.25) is 0 Å². The molecule has 3 aromatic rings. The van der Waals surface area contributed by atoms with E-state index in [2.05, 4.69) is 92.1 Å². The quantitative estimate of drug-likeness (QED) is 0.707. The normalized spacial score (nSPS) is 10.6. The number of aromatic nitrogens is 2. The number of nitrogens with zero attached hydrogens (tertiary/aromatic N) is 3. The van der Waals surface area contributed by atoms with Gasteiger partial charge >= 0.3 is 0 Å². The fourth-order valence-corrected chi connectivity index (χ4v) is 2.68. The number of imidazole rings is 1. The van der Waals surface area contributed by atoms with Gasteiger partial charge in [-0.15, -0.1) is 0 Å². The van der Waals surface area contributed by atoms with Crippen LogP contribution < -0.4 is 10.2 Å². The Hall–Kier alpha value is -2.49. The highest BCUT2D eigenvalue weighted by molar-refractivity contribution is 5.77. The number of hydrogen-bond acceptors (Lipinski definition) is 3. The monoisotopic (exact) mass is 338 g/mol. The molecule has 4 nitrogen and oxygen atoms in total. The molecule has 1 aromatic carbocycles. The molecule has 0 aliphatic heterocycles. The number of nitrogens with one attached hydrogen (secondary N) is 1. The maximum atomic E-state index is 4.86. The van der Waals surface area contributed by atoms with Gasteiger partial charge in [0.1, 0.15) is 17.2 Å². The Morgan fingerprint density at radius 1 is 1.04 bits per heavy atom. The molecule has 0 unspecified atom stereocenters. The summed E-state index contributed by atoms with van der Waals surface area (Å²) in [7, 11) is 4.10. The molecule has 2 heterocycles. The van der Waals surface area contributed by atoms with Crippen molar-refractivity contribution in [2.45, 2.75) is 40.7 Å². The smallest absolute Gasteiger partial charge is 0.139 e. The molecule has 134 valence electrons. The molecule has 0 aliphatic rings. The third kappa shape index (κ3) is 4.13. The van der Waals surface area contributed by atoms with Gasteiger partial charge < -0.3 is 10.2 Å². The first-order valence-corrected chi connectivity index (χ1v) is 8.98. The van der Waals surface area contributed by atoms with Crippen LogP contribution in [0.25, 0.3) is 16.9 Å². The Morgan fingerprint density at radius 2 is 1.68 bits per heavy atom. The summed E-state index contributed by atoms with van der Waals surface area (Å²) >= 11 is 0. The molecule has 4 heteroatoms. The summed E-state index contributed by atoms with van der Waals surface area (Å²) in [4.78, 5) is 6.96. The van der Waals surface area contributed by atoms with E-state index in [1.165, 1.54) is 11.3 Å². The van der Waals surface area contributed by atoms with Crippen molar-refractivity contribution >= 4 is 17.2 Å². The van der Waals surface area contributed by atoms with Crippen LogP contribution in [0.15, 0.2) is 42.6 Å². The van der Waals surface area contributed by atoms with Gasteiger partial charge in [-0.2, -0.15) is 0 Å². The van der Waals surface area contributed by atoms with Gasteiger partial charge in [0.05, 0.1) is 0 Å². The van der Waals surface area contributed by atoms with Gasteiger partial charge in [-0.25, -0.2) is 4.98 Å². The number of fused-ring (bicyclic) bond motifs is 1. The maximum Gasteiger partial charge on any atom is 0.139 e. The minimum absolute atomic E-state index is 0.344. The number of anilines is 2. The summed E-state index contributed by atoms with van der Waals surface area (Å²) in [5, 5.41) is 3.54. The van der Waals surface area contributed by atoms with Gasteiger partial charge in [0.15, 0.2) is 0 Å². The summed E-state index contributed by atoms with van der Waals surface area (Å²) in [5.74, 6) is 1.05. The van der Waals surface area contributed by atoms with Crippen LogP contribution in [-0.4, -0.2) is 29.5 Å². The molecular weight excluding hydrogens is 308 g/mol. The highest BCUT2D eigenvalue weighted by atomic mass is 15.1. The summed E-state index contributed by atoms with van der Waals surface area (Å²) in [6.45, 7) is 10.4. The molecule has 1 N–H and O–H groups in total. The molecule has 0 radical (unpaired) electrons. The Balaban J connectivity index is 0.00000109. The first-order chi connectivity index (χ1) is 12.0. The van der Waals surface area contributed by atoms with Crippen molar-refractivity contribution in [1.82, 2.24) is 9.38 Å². The first kappa shape index (κ1) is 18.8. The van der Waals surface area contributed by atoms with E-state index in [9.17, 15) is 0 Å². The van der Waals surface area contributed by atoms with E-state index in [4.69, 9.17) is 4.98 Å². The van der Waals surface area contributed by atoms with Crippen molar-refractivity contribution in [2.75, 3.05) is 24.3 Å². The number of pyridine rings is 1. The second kappa shape index (κ2) is 8.06. The van der Waals surface area contributed by atoms with Crippen LogP contribution in [0.2, 0.25) is 0 Å². The highest BCUT2D eigenvalue weighted by Gasteiger charge is 2.15. The van der Waals surface area contributed by atoms with Crippen molar-refractivity contribution in [3.05, 3.63) is 48.2 Å². The van der Waals surface area contributed by atoms with Gasteiger partial charge in [-0.3, -0.25) is 4.40 Å². The van der Waals surface area contributed by atoms with Crippen LogP contribution in [0.3, 0.4) is 0 Å². The minimum atomic E-state index is 0.344. The molecule has 0 spiro atoms. The van der Waals surface area contributed by atoms with E-state index in [1.807, 2.05) is 13.8 Å². The second-order valence-electron chi connectivity index (χ2n) is 6.48. The molecule has 0 saturated heterocycles. The third-order valence-electron chi connectivity index (χ3n) is 3.86. The van der Waals surface area contributed by atoms with E-state index in [1.54, 1.807) is 0 Å². The second-order valence-corrected chi connectivity index (χ2v) is 6.48. The van der Waals surface area contributed by atoms with E-state index >= 15 is 0 Å². The van der Waals surface area contributed by atoms with Gasteiger partial charge in [-0.05, 0) is 50.6 Å². The summed E-state index contributed by atoms with van der Waals surface area (Å²) < 4.78 is 2.13. The number of aryl methyl sites for hydroxylation is 1. The van der Waals surface area contributed by atoms with Crippen molar-refractivity contribution < 1.29 is 0 Å². The maximum absolute atomic E-state index is 4.86. The Labute approximate surface area is 151 Å². The van der Waals surface area contributed by atoms with Crippen molar-refractivity contribution in [1.29, 1.82) is 0 Å². The molecule has 3 rings (SSSR count). The van der Waals surface area contributed by atoms with E-state index < -0.39 is 0 Å². The largest absolute Gasteiger partial charge is 0.378 e. The average Bonchev–Trinajstić information content (AvgIpc) is 2.93. The molecule has 0 atom stereocenters. The average molecular weight is 338 g/mol. The molecule has 0 aliphatic carbocycles. The standard InChI is InChI=1S/C19H24N4.C2H6/c1-13(2)20-19-18(15-6-8-16(9-7-15)22(4)5)21-17-12-14(3)10-11-23(17)19;1-2/h6-13,20H,1-5H3;1-2H3. The van der Waals surface area contributed by atoms with Crippen LogP contribution in [0, 0.1) is 6.92 Å². The van der Waals surface area contributed by atoms with Crippen LogP contribution in [0.4, 0.5) is 11.5 Å². The van der Waals surface area contributed by atoms with Crippen LogP contribution in [0.5, 0.6) is 0 Å². The number of benzene rings is 1. The zero-order chi connectivity index (χ0) is 18.6. The summed E-state index contributed by atoms with van der Waals surface area (Å²) in [6.07, 6.45) is 2.08. The fourth-order valence-electron chi connectivity index (χ4n) is 2.68. The van der Waals surface area contributed by atoms with E-state index in [-0.39, 0.29) is 0 Å². The highest BCUT2D eigenvalue weighted by Crippen LogP contribution is 2.30. The lowest BCUT2D eigenvalue weighted by atomic mass is 10.1. The molecule has 25 heavy (non-hydrogen) atoms. The minimum Gasteiger partial charge on any atom is -0.378 e. The summed E-state index contributed by atoms with van der Waals surface area (Å²) in [5.41, 5.74) is 5.49. The number of hydrogen-bond donors (Lipinski definition) is 1. The Bertz CT molecular complexity index is 814. The molecule has 2 aromatic heterocycles. The summed E-state index contributed by atoms with van der Waals surface area (Å²) in [6, 6.07) is 13.1. The Kier molecular flexibility index (Phi) is 6.07. The van der Waals surface area contributed by atoms with Crippen molar-refractivity contribution in [3.8, 4) is 11.3 Å². The van der Waals surface area contributed by atoms with Gasteiger partial charge in [-0.1, -0.05) is 26.0 Å². The van der Waals surface area contributed by atoms with Crippen LogP contribution >= 0.6 is 0 Å². The van der Waals surface area contributed by atoms with Crippen molar-refractivity contribution in [3.63, 3.8) is 0 Å². The topological polar surface area (TPSA) is 32.6 Å². The predicted molar refractivity (Wildman–Crippen MR) is 110 cm³/mol. The molecule has 0 saturated carbocycles. The van der Waals surface area contributed by atoms with E-state index in [0.717, 1.165) is 22.7 Å². The Morgan fingerprint density at radius 3 is 2.24 bits per heavy atom.